The van der Waals surface area contributed by atoms with Gasteiger partial charge in [0.2, 0.25) is 0 Å². The number of hydrogen-bond acceptors (Lipinski definition) is 1. The third kappa shape index (κ3) is 5.35. The highest BCUT2D eigenvalue weighted by atomic mass is 16.4. The molecule has 1 atom stereocenters. The predicted octanol–water partition coefficient (Wildman–Crippen LogP) is 3.93. The number of benzene rings is 1. The van der Waals surface area contributed by atoms with Crippen LogP contribution in [0.15, 0.2) is 24.3 Å². The molecule has 2 nitrogen and oxygen atoms in total. The fourth-order valence-electron chi connectivity index (χ4n) is 2.05. The quantitative estimate of drug-likeness (QED) is 0.794. The molecule has 0 aliphatic carbocycles. The SMILES string of the molecule is CC(C)Cc1ccc(CCCC(C)C(=O)O)cc1. The van der Waals surface area contributed by atoms with E-state index >= 15 is 0 Å². The molecule has 0 radical (unpaired) electrons. The van der Waals surface area contributed by atoms with Gasteiger partial charge in [-0.3, -0.25) is 4.79 Å². The van der Waals surface area contributed by atoms with Crippen LogP contribution in [0.25, 0.3) is 0 Å². The molecule has 1 aromatic rings. The molecule has 1 unspecified atom stereocenters. The molecule has 18 heavy (non-hydrogen) atoms. The van der Waals surface area contributed by atoms with E-state index in [1.54, 1.807) is 6.92 Å². The fraction of sp³-hybridized carbons (Fsp3) is 0.562. The van der Waals surface area contributed by atoms with Gasteiger partial charge in [-0.05, 0) is 42.7 Å². The van der Waals surface area contributed by atoms with E-state index in [2.05, 4.69) is 38.1 Å². The van der Waals surface area contributed by atoms with Crippen LogP contribution in [0, 0.1) is 11.8 Å². The van der Waals surface area contributed by atoms with Crippen LogP contribution in [-0.2, 0) is 17.6 Å². The molecule has 0 bridgehead atoms. The summed E-state index contributed by atoms with van der Waals surface area (Å²) in [6, 6.07) is 8.72. The molecule has 1 N–H and O–H groups in total. The van der Waals surface area contributed by atoms with Crippen molar-refractivity contribution in [1.82, 2.24) is 0 Å². The second-order valence-electron chi connectivity index (χ2n) is 5.55. The zero-order valence-electron chi connectivity index (χ0n) is 11.6. The summed E-state index contributed by atoms with van der Waals surface area (Å²) in [5.74, 6) is -0.236. The van der Waals surface area contributed by atoms with Crippen LogP contribution < -0.4 is 0 Å². The zero-order valence-corrected chi connectivity index (χ0v) is 11.6. The maximum absolute atomic E-state index is 10.7. The molecule has 0 fully saturated rings. The van der Waals surface area contributed by atoms with Gasteiger partial charge in [-0.15, -0.1) is 0 Å². The van der Waals surface area contributed by atoms with Gasteiger partial charge in [0.1, 0.15) is 0 Å². The molecule has 0 saturated heterocycles. The number of aliphatic carboxylic acids is 1. The van der Waals surface area contributed by atoms with Gasteiger partial charge in [0.25, 0.3) is 0 Å². The topological polar surface area (TPSA) is 37.3 Å². The van der Waals surface area contributed by atoms with E-state index in [0.29, 0.717) is 5.92 Å². The Hall–Kier alpha value is -1.31. The molecule has 0 saturated carbocycles. The molecular weight excluding hydrogens is 224 g/mol. The smallest absolute Gasteiger partial charge is 0.306 e. The first-order valence-electron chi connectivity index (χ1n) is 6.79. The van der Waals surface area contributed by atoms with E-state index in [9.17, 15) is 4.79 Å². The van der Waals surface area contributed by atoms with Gasteiger partial charge < -0.3 is 5.11 Å². The lowest BCUT2D eigenvalue weighted by atomic mass is 9.98. The maximum Gasteiger partial charge on any atom is 0.306 e. The van der Waals surface area contributed by atoms with Crippen molar-refractivity contribution in [2.24, 2.45) is 11.8 Å². The lowest BCUT2D eigenvalue weighted by Gasteiger charge is -2.08. The first-order chi connectivity index (χ1) is 8.49. The number of rotatable bonds is 7. The van der Waals surface area contributed by atoms with Gasteiger partial charge in [0, 0.05) is 0 Å². The van der Waals surface area contributed by atoms with Crippen LogP contribution >= 0.6 is 0 Å². The van der Waals surface area contributed by atoms with Crippen molar-refractivity contribution < 1.29 is 9.90 Å². The summed E-state index contributed by atoms with van der Waals surface area (Å²) in [7, 11) is 0. The largest absolute Gasteiger partial charge is 0.481 e. The molecule has 0 aromatic heterocycles. The van der Waals surface area contributed by atoms with Crippen LogP contribution in [0.1, 0.15) is 44.7 Å². The zero-order chi connectivity index (χ0) is 13.5. The van der Waals surface area contributed by atoms with E-state index < -0.39 is 5.97 Å². The number of carboxylic acids is 1. The van der Waals surface area contributed by atoms with Crippen LogP contribution in [0.2, 0.25) is 0 Å². The lowest BCUT2D eigenvalue weighted by Crippen LogP contribution is -2.09. The van der Waals surface area contributed by atoms with Gasteiger partial charge in [0.15, 0.2) is 0 Å². The summed E-state index contributed by atoms with van der Waals surface area (Å²) >= 11 is 0. The summed E-state index contributed by atoms with van der Waals surface area (Å²) in [6.45, 7) is 6.22. The van der Waals surface area contributed by atoms with Crippen LogP contribution in [0.4, 0.5) is 0 Å². The number of carboxylic acid groups (broad SMARTS) is 1. The molecule has 1 aromatic carbocycles. The van der Waals surface area contributed by atoms with Gasteiger partial charge in [0.05, 0.1) is 5.92 Å². The van der Waals surface area contributed by atoms with Crippen LogP contribution in [0.5, 0.6) is 0 Å². The summed E-state index contributed by atoms with van der Waals surface area (Å²) < 4.78 is 0. The van der Waals surface area contributed by atoms with E-state index in [0.717, 1.165) is 25.7 Å². The fourth-order valence-corrected chi connectivity index (χ4v) is 2.05. The third-order valence-corrected chi connectivity index (χ3v) is 3.19. The normalized spacial score (nSPS) is 12.7. The molecule has 100 valence electrons. The molecule has 0 aliphatic heterocycles. The average Bonchev–Trinajstić information content (AvgIpc) is 2.30. The molecule has 0 heterocycles. The third-order valence-electron chi connectivity index (χ3n) is 3.19. The minimum atomic E-state index is -0.692. The Morgan fingerprint density at radius 1 is 1.11 bits per heavy atom. The highest BCUT2D eigenvalue weighted by Gasteiger charge is 2.09. The average molecular weight is 248 g/mol. The first kappa shape index (κ1) is 14.7. The van der Waals surface area contributed by atoms with Crippen molar-refractivity contribution in [2.45, 2.75) is 46.5 Å². The lowest BCUT2D eigenvalue weighted by molar-refractivity contribution is -0.141. The van der Waals surface area contributed by atoms with Gasteiger partial charge in [-0.25, -0.2) is 0 Å². The number of aryl methyl sites for hydroxylation is 1. The predicted molar refractivity (Wildman–Crippen MR) is 74.7 cm³/mol. The summed E-state index contributed by atoms with van der Waals surface area (Å²) in [5, 5.41) is 8.80. The van der Waals surface area contributed by atoms with Crippen molar-refractivity contribution >= 4 is 5.97 Å². The monoisotopic (exact) mass is 248 g/mol. The minimum Gasteiger partial charge on any atom is -0.481 e. The Morgan fingerprint density at radius 2 is 1.67 bits per heavy atom. The second-order valence-corrected chi connectivity index (χ2v) is 5.55. The van der Waals surface area contributed by atoms with Gasteiger partial charge in [-0.1, -0.05) is 45.0 Å². The van der Waals surface area contributed by atoms with Crippen LogP contribution in [-0.4, -0.2) is 11.1 Å². The Kier molecular flexibility index (Phi) is 5.90. The number of carbonyl (C=O) groups is 1. The molecule has 0 amide bonds. The van der Waals surface area contributed by atoms with Crippen molar-refractivity contribution in [1.29, 1.82) is 0 Å². The van der Waals surface area contributed by atoms with Crippen molar-refractivity contribution in [3.8, 4) is 0 Å². The number of hydrogen-bond donors (Lipinski definition) is 1. The van der Waals surface area contributed by atoms with E-state index in [1.165, 1.54) is 11.1 Å². The minimum absolute atomic E-state index is 0.231. The van der Waals surface area contributed by atoms with Crippen LogP contribution in [0.3, 0.4) is 0 Å². The van der Waals surface area contributed by atoms with Crippen molar-refractivity contribution in [2.75, 3.05) is 0 Å². The van der Waals surface area contributed by atoms with E-state index in [1.807, 2.05) is 0 Å². The molecule has 1 rings (SSSR count). The molecule has 2 heteroatoms. The van der Waals surface area contributed by atoms with Crippen molar-refractivity contribution in [3.05, 3.63) is 35.4 Å². The summed E-state index contributed by atoms with van der Waals surface area (Å²) in [5.41, 5.74) is 2.69. The summed E-state index contributed by atoms with van der Waals surface area (Å²) in [6.07, 6.45) is 3.79. The Morgan fingerprint density at radius 3 is 2.17 bits per heavy atom. The van der Waals surface area contributed by atoms with Crippen molar-refractivity contribution in [3.63, 3.8) is 0 Å². The summed E-state index contributed by atoms with van der Waals surface area (Å²) in [4.78, 5) is 10.7. The highest BCUT2D eigenvalue weighted by molar-refractivity contribution is 5.69. The highest BCUT2D eigenvalue weighted by Crippen LogP contribution is 2.13. The molecule has 0 aliphatic rings. The first-order valence-corrected chi connectivity index (χ1v) is 6.79. The molecular formula is C16H24O2. The van der Waals surface area contributed by atoms with E-state index in [4.69, 9.17) is 5.11 Å². The molecule has 0 spiro atoms. The Balaban J connectivity index is 2.37. The maximum atomic E-state index is 10.7. The standard InChI is InChI=1S/C16H24O2/c1-12(2)11-15-9-7-14(8-10-15)6-4-5-13(3)16(17)18/h7-10,12-13H,4-6,11H2,1-3H3,(H,17,18). The van der Waals surface area contributed by atoms with E-state index in [-0.39, 0.29) is 5.92 Å². The second kappa shape index (κ2) is 7.20. The Bertz CT molecular complexity index is 365. The van der Waals surface area contributed by atoms with Gasteiger partial charge in [-0.2, -0.15) is 0 Å². The Labute approximate surface area is 110 Å². The van der Waals surface area contributed by atoms with Gasteiger partial charge >= 0.3 is 5.97 Å².